The Morgan fingerprint density at radius 3 is 1.67 bits per heavy atom. The summed E-state index contributed by atoms with van der Waals surface area (Å²) in [5.74, 6) is 0. The highest BCUT2D eigenvalue weighted by molar-refractivity contribution is 4.22. The Labute approximate surface area is 54.1 Å². The molecule has 9 heavy (non-hydrogen) atoms. The van der Waals surface area contributed by atoms with Gasteiger partial charge in [0.05, 0.1) is 14.1 Å². The maximum atomic E-state index is 8.26. The van der Waals surface area contributed by atoms with E-state index in [-0.39, 0.29) is 11.0 Å². The highest BCUT2D eigenvalue weighted by Crippen LogP contribution is 1.59. The number of nitrogens with one attached hydrogen (secondary N) is 1. The molecule has 0 atom stereocenters. The lowest BCUT2D eigenvalue weighted by Crippen LogP contribution is -3.07. The van der Waals surface area contributed by atoms with E-state index in [0.717, 1.165) is 4.90 Å². The molecule has 60 valence electrons. The van der Waals surface area contributed by atoms with Crippen LogP contribution in [0.2, 0.25) is 0 Å². The number of hydrogen-bond donors (Lipinski definition) is 3. The second kappa shape index (κ2) is 7.80. The van der Waals surface area contributed by atoms with Gasteiger partial charge >= 0.3 is 0 Å². The minimum Gasteiger partial charge on any atom is -0.870 e. The first-order valence-corrected chi connectivity index (χ1v) is 2.28. The van der Waals surface area contributed by atoms with Gasteiger partial charge in [0.25, 0.3) is 0 Å². The number of hydrogen-bond acceptors (Lipinski definition) is 3. The van der Waals surface area contributed by atoms with Crippen LogP contribution in [0.4, 0.5) is 0 Å². The predicted octanol–water partition coefficient (Wildman–Crippen LogP) is -3.56. The van der Waals surface area contributed by atoms with Gasteiger partial charge in [-0.2, -0.15) is 0 Å². The van der Waals surface area contributed by atoms with Gasteiger partial charge in [-0.3, -0.25) is 0 Å². The lowest BCUT2D eigenvalue weighted by atomic mass is 10.6. The molecule has 0 heterocycles. The molecule has 0 bridgehead atoms. The van der Waals surface area contributed by atoms with Crippen LogP contribution >= 0.6 is 0 Å². The summed E-state index contributed by atoms with van der Waals surface area (Å²) in [6.45, 7) is 0.389. The molecule has 0 spiro atoms. The summed E-state index contributed by atoms with van der Waals surface area (Å²) in [4.78, 5) is 1.04. The van der Waals surface area contributed by atoms with Crippen LogP contribution in [-0.4, -0.2) is 48.1 Å². The lowest BCUT2D eigenvalue weighted by molar-refractivity contribution is -0.865. The van der Waals surface area contributed by atoms with E-state index >= 15 is 0 Å². The van der Waals surface area contributed by atoms with Crippen molar-refractivity contribution in [1.82, 2.24) is 0 Å². The molecule has 0 aromatic heterocycles. The van der Waals surface area contributed by atoms with E-state index in [4.69, 9.17) is 10.2 Å². The number of aliphatic hydroxyl groups excluding tert-OH is 1. The van der Waals surface area contributed by atoms with E-state index in [1.165, 1.54) is 0 Å². The SMILES string of the molecule is C[NH+](C)CC(O)O.O.[OH-]. The van der Waals surface area contributed by atoms with Crippen molar-refractivity contribution in [1.29, 1.82) is 0 Å². The summed E-state index contributed by atoms with van der Waals surface area (Å²) in [5.41, 5.74) is 0. The van der Waals surface area contributed by atoms with Crippen LogP contribution in [0.1, 0.15) is 0 Å². The fourth-order valence-corrected chi connectivity index (χ4v) is 0.365. The van der Waals surface area contributed by atoms with E-state index in [1.54, 1.807) is 0 Å². The summed E-state index contributed by atoms with van der Waals surface area (Å²) in [7, 11) is 3.72. The first-order valence-electron chi connectivity index (χ1n) is 2.28. The van der Waals surface area contributed by atoms with Crippen LogP contribution in [-0.2, 0) is 0 Å². The predicted molar refractivity (Wildman–Crippen MR) is 31.5 cm³/mol. The summed E-state index contributed by atoms with van der Waals surface area (Å²) < 4.78 is 0. The molecule has 0 unspecified atom stereocenters. The van der Waals surface area contributed by atoms with Gasteiger partial charge < -0.3 is 26.1 Å². The molecule has 5 nitrogen and oxygen atoms in total. The van der Waals surface area contributed by atoms with Crippen molar-refractivity contribution >= 4 is 0 Å². The maximum Gasteiger partial charge on any atom is 0.202 e. The van der Waals surface area contributed by atoms with E-state index in [0.29, 0.717) is 6.54 Å². The zero-order valence-electron chi connectivity index (χ0n) is 5.63. The molecule has 0 rings (SSSR count). The third kappa shape index (κ3) is 18.2. The van der Waals surface area contributed by atoms with Crippen LogP contribution in [0, 0.1) is 0 Å². The lowest BCUT2D eigenvalue weighted by Gasteiger charge is -2.06. The second-order valence-electron chi connectivity index (χ2n) is 1.89. The molecule has 0 aromatic rings. The number of aliphatic hydroxyl groups is 2. The van der Waals surface area contributed by atoms with Gasteiger partial charge in [0.1, 0.15) is 6.54 Å². The summed E-state index contributed by atoms with van der Waals surface area (Å²) in [5, 5.41) is 16.5. The zero-order valence-corrected chi connectivity index (χ0v) is 5.63. The van der Waals surface area contributed by atoms with Crippen LogP contribution in [0.15, 0.2) is 0 Å². The molecule has 0 aliphatic rings. The summed E-state index contributed by atoms with van der Waals surface area (Å²) >= 11 is 0. The fourth-order valence-electron chi connectivity index (χ4n) is 0.365. The van der Waals surface area contributed by atoms with Gasteiger partial charge in [-0.1, -0.05) is 0 Å². The minimum atomic E-state index is -1.16. The Hall–Kier alpha value is -0.200. The molecule has 0 fully saturated rings. The van der Waals surface area contributed by atoms with E-state index in [9.17, 15) is 0 Å². The molecular formula is C4H15NO4. The van der Waals surface area contributed by atoms with Gasteiger partial charge in [0, 0.05) is 0 Å². The van der Waals surface area contributed by atoms with Crippen molar-refractivity contribution in [2.45, 2.75) is 6.29 Å². The van der Waals surface area contributed by atoms with Gasteiger partial charge in [-0.05, 0) is 0 Å². The summed E-state index contributed by atoms with van der Waals surface area (Å²) in [6, 6.07) is 0. The average molecular weight is 141 g/mol. The quantitative estimate of drug-likeness (QED) is 0.346. The van der Waals surface area contributed by atoms with E-state index in [1.807, 2.05) is 14.1 Å². The summed E-state index contributed by atoms with van der Waals surface area (Å²) in [6.07, 6.45) is -1.16. The Morgan fingerprint density at radius 1 is 1.33 bits per heavy atom. The maximum absolute atomic E-state index is 8.26. The standard InChI is InChI=1S/C4H11NO2.2H2O/c1-5(2)3-4(6)7;;/h4,6-7H,3H2,1-2H3;2*1H2. The van der Waals surface area contributed by atoms with Crippen molar-refractivity contribution in [3.05, 3.63) is 0 Å². The molecule has 0 aliphatic heterocycles. The zero-order chi connectivity index (χ0) is 5.86. The molecular weight excluding hydrogens is 126 g/mol. The first kappa shape index (κ1) is 15.9. The smallest absolute Gasteiger partial charge is 0.202 e. The van der Waals surface area contributed by atoms with Crippen LogP contribution < -0.4 is 4.90 Å². The highest BCUT2D eigenvalue weighted by atomic mass is 16.5. The number of rotatable bonds is 2. The topological polar surface area (TPSA) is 106 Å². The molecule has 6 N–H and O–H groups in total. The number of quaternary nitrogens is 1. The van der Waals surface area contributed by atoms with Crippen molar-refractivity contribution in [3.8, 4) is 0 Å². The van der Waals surface area contributed by atoms with Crippen LogP contribution in [0.5, 0.6) is 0 Å². The molecule has 5 heteroatoms. The van der Waals surface area contributed by atoms with Crippen LogP contribution in [0.3, 0.4) is 0 Å². The molecule has 0 saturated heterocycles. The van der Waals surface area contributed by atoms with Crippen molar-refractivity contribution in [2.75, 3.05) is 20.6 Å². The van der Waals surface area contributed by atoms with Crippen LogP contribution in [0.25, 0.3) is 0 Å². The second-order valence-corrected chi connectivity index (χ2v) is 1.89. The molecule has 0 radical (unpaired) electrons. The Balaban J connectivity index is -0.000000180. The largest absolute Gasteiger partial charge is 0.870 e. The minimum absolute atomic E-state index is 0. The molecule has 0 aromatic carbocycles. The average Bonchev–Trinajstić information content (AvgIpc) is 1.27. The van der Waals surface area contributed by atoms with Crippen molar-refractivity contribution in [2.24, 2.45) is 0 Å². The van der Waals surface area contributed by atoms with Gasteiger partial charge in [0.2, 0.25) is 6.29 Å². The number of likely N-dealkylation sites (N-methyl/N-ethyl adjacent to an activating group) is 1. The monoisotopic (exact) mass is 141 g/mol. The van der Waals surface area contributed by atoms with Gasteiger partial charge in [0.15, 0.2) is 0 Å². The molecule has 0 saturated carbocycles. The Bertz CT molecular complexity index is 41.8. The highest BCUT2D eigenvalue weighted by Gasteiger charge is 1.99. The Kier molecular flexibility index (Phi) is 13.8. The first-order chi connectivity index (χ1) is 3.13. The normalized spacial score (nSPS) is 8.67. The van der Waals surface area contributed by atoms with E-state index < -0.39 is 6.29 Å². The third-order valence-corrected chi connectivity index (χ3v) is 0.591. The van der Waals surface area contributed by atoms with Crippen molar-refractivity contribution < 1.29 is 26.1 Å². The third-order valence-electron chi connectivity index (χ3n) is 0.591. The Morgan fingerprint density at radius 2 is 1.67 bits per heavy atom. The van der Waals surface area contributed by atoms with E-state index in [2.05, 4.69) is 0 Å². The van der Waals surface area contributed by atoms with Crippen molar-refractivity contribution in [3.63, 3.8) is 0 Å². The van der Waals surface area contributed by atoms with Gasteiger partial charge in [-0.15, -0.1) is 0 Å². The molecule has 0 amide bonds. The molecule has 0 aliphatic carbocycles. The van der Waals surface area contributed by atoms with Gasteiger partial charge in [-0.25, -0.2) is 0 Å². The fraction of sp³-hybridized carbons (Fsp3) is 1.00.